The summed E-state index contributed by atoms with van der Waals surface area (Å²) in [5, 5.41) is 2.63. The van der Waals surface area contributed by atoms with Crippen LogP contribution in [0.15, 0.2) is 97.1 Å². The summed E-state index contributed by atoms with van der Waals surface area (Å²) in [6, 6.07) is 35.5. The molecule has 2 heteroatoms. The number of benzene rings is 4. The molecule has 0 spiro atoms. The summed E-state index contributed by atoms with van der Waals surface area (Å²) in [5.41, 5.74) is 8.03. The lowest BCUT2D eigenvalue weighted by atomic mass is 9.94. The molecule has 0 fully saturated rings. The van der Waals surface area contributed by atoms with Crippen LogP contribution in [0.1, 0.15) is 11.1 Å². The third kappa shape index (κ3) is 2.65. The molecule has 0 amide bonds. The fourth-order valence-corrected chi connectivity index (χ4v) is 6.95. The maximum Gasteiger partial charge on any atom is 0.0365 e. The molecule has 0 bridgehead atoms. The van der Waals surface area contributed by atoms with Gasteiger partial charge in [-0.1, -0.05) is 72.8 Å². The summed E-state index contributed by atoms with van der Waals surface area (Å²) >= 11 is 3.78. The van der Waals surface area contributed by atoms with Gasteiger partial charge in [0, 0.05) is 36.7 Å². The van der Waals surface area contributed by atoms with Crippen molar-refractivity contribution in [1.29, 1.82) is 0 Å². The highest BCUT2D eigenvalue weighted by molar-refractivity contribution is 7.23. The predicted octanol–water partition coefficient (Wildman–Crippen LogP) is 9.03. The van der Waals surface area contributed by atoms with Crippen LogP contribution in [0, 0.1) is 6.42 Å². The molecule has 4 aromatic carbocycles. The lowest BCUT2D eigenvalue weighted by Crippen LogP contribution is -1.89. The van der Waals surface area contributed by atoms with E-state index in [1.807, 2.05) is 22.7 Å². The lowest BCUT2D eigenvalue weighted by molar-refractivity contribution is 1.54. The maximum absolute atomic E-state index is 2.38. The molecule has 7 rings (SSSR count). The molecule has 0 N–H and O–H groups in total. The number of thiophene rings is 2. The molecule has 31 heavy (non-hydrogen) atoms. The van der Waals surface area contributed by atoms with Crippen LogP contribution in [0.5, 0.6) is 0 Å². The summed E-state index contributed by atoms with van der Waals surface area (Å²) in [6.07, 6.45) is 2.38. The zero-order valence-electron chi connectivity index (χ0n) is 16.6. The van der Waals surface area contributed by atoms with E-state index >= 15 is 0 Å². The fourth-order valence-electron chi connectivity index (χ4n) is 4.72. The lowest BCUT2D eigenvalue weighted by Gasteiger charge is -2.13. The average Bonchev–Trinajstić information content (AvgIpc) is 3.52. The number of rotatable bonds is 2. The topological polar surface area (TPSA) is 0 Å². The Labute approximate surface area is 189 Å². The van der Waals surface area contributed by atoms with Gasteiger partial charge in [-0.05, 0) is 57.3 Å². The van der Waals surface area contributed by atoms with E-state index in [0.29, 0.717) is 0 Å². The minimum absolute atomic E-state index is 1.31. The Kier molecular flexibility index (Phi) is 3.75. The van der Waals surface area contributed by atoms with Gasteiger partial charge in [0.2, 0.25) is 0 Å². The summed E-state index contributed by atoms with van der Waals surface area (Å²) in [4.78, 5) is 2.68. The first-order valence-corrected chi connectivity index (χ1v) is 12.1. The van der Waals surface area contributed by atoms with Crippen LogP contribution in [0.3, 0.4) is 0 Å². The standard InChI is InChI=1S/C29H17S2/c1-4-10-21-18(7-1)15-24-22(21)13-14-23(27-16-19-8-2-5-11-25(19)30-27)29(24)28-17-20-9-3-6-12-26(20)31-28/h1-17H. The van der Waals surface area contributed by atoms with Gasteiger partial charge in [0.15, 0.2) is 0 Å². The summed E-state index contributed by atoms with van der Waals surface area (Å²) in [6.45, 7) is 0. The molecule has 145 valence electrons. The SMILES string of the molecule is [CH]1c2ccccc2-c2ccc(-c3cc4ccccc4s3)c(-c3cc4ccccc4s3)c21. The van der Waals surface area contributed by atoms with E-state index in [4.69, 9.17) is 0 Å². The van der Waals surface area contributed by atoms with Gasteiger partial charge in [0.05, 0.1) is 0 Å². The molecule has 2 heterocycles. The normalized spacial score (nSPS) is 12.4. The van der Waals surface area contributed by atoms with Gasteiger partial charge in [-0.15, -0.1) is 22.7 Å². The Bertz CT molecular complexity index is 1550. The number of hydrogen-bond donors (Lipinski definition) is 0. The molecule has 0 saturated heterocycles. The van der Waals surface area contributed by atoms with Crippen molar-refractivity contribution in [2.45, 2.75) is 0 Å². The van der Waals surface area contributed by atoms with Crippen molar-refractivity contribution < 1.29 is 0 Å². The summed E-state index contributed by atoms with van der Waals surface area (Å²) in [7, 11) is 0. The van der Waals surface area contributed by atoms with Crippen molar-refractivity contribution in [3.8, 4) is 32.0 Å². The predicted molar refractivity (Wildman–Crippen MR) is 136 cm³/mol. The zero-order valence-corrected chi connectivity index (χ0v) is 18.3. The third-order valence-electron chi connectivity index (χ3n) is 6.16. The second kappa shape index (κ2) is 6.65. The summed E-state index contributed by atoms with van der Waals surface area (Å²) < 4.78 is 2.68. The Morgan fingerprint density at radius 3 is 1.87 bits per heavy atom. The largest absolute Gasteiger partial charge is 0.135 e. The number of fused-ring (bicyclic) bond motifs is 5. The second-order valence-electron chi connectivity index (χ2n) is 7.98. The smallest absolute Gasteiger partial charge is 0.0365 e. The minimum atomic E-state index is 1.31. The Morgan fingerprint density at radius 2 is 1.10 bits per heavy atom. The van der Waals surface area contributed by atoms with Gasteiger partial charge in [-0.2, -0.15) is 0 Å². The quantitative estimate of drug-likeness (QED) is 0.257. The van der Waals surface area contributed by atoms with Crippen LogP contribution in [-0.2, 0) is 0 Å². The average molecular weight is 430 g/mol. The van der Waals surface area contributed by atoms with Crippen LogP contribution in [-0.4, -0.2) is 0 Å². The monoisotopic (exact) mass is 429 g/mol. The van der Waals surface area contributed by atoms with Crippen molar-refractivity contribution in [3.05, 3.63) is 115 Å². The Hall–Kier alpha value is -3.20. The van der Waals surface area contributed by atoms with Crippen LogP contribution in [0.4, 0.5) is 0 Å². The molecule has 1 aliphatic rings. The van der Waals surface area contributed by atoms with Crippen molar-refractivity contribution >= 4 is 42.8 Å². The first-order valence-electron chi connectivity index (χ1n) is 10.4. The van der Waals surface area contributed by atoms with Crippen molar-refractivity contribution in [1.82, 2.24) is 0 Å². The van der Waals surface area contributed by atoms with E-state index in [1.165, 1.54) is 63.3 Å². The van der Waals surface area contributed by atoms with Gasteiger partial charge in [0.1, 0.15) is 0 Å². The molecule has 2 aromatic heterocycles. The van der Waals surface area contributed by atoms with Gasteiger partial charge in [-0.25, -0.2) is 0 Å². The molecule has 0 atom stereocenters. The van der Waals surface area contributed by atoms with Crippen LogP contribution in [0.2, 0.25) is 0 Å². The van der Waals surface area contributed by atoms with Crippen molar-refractivity contribution in [2.24, 2.45) is 0 Å². The third-order valence-corrected chi connectivity index (χ3v) is 8.44. The van der Waals surface area contributed by atoms with Crippen molar-refractivity contribution in [2.75, 3.05) is 0 Å². The van der Waals surface area contributed by atoms with Gasteiger partial charge in [0.25, 0.3) is 0 Å². The molecule has 0 aliphatic heterocycles. The molecular weight excluding hydrogens is 412 g/mol. The first-order chi connectivity index (χ1) is 15.3. The van der Waals surface area contributed by atoms with E-state index in [9.17, 15) is 0 Å². The Morgan fingerprint density at radius 1 is 0.484 bits per heavy atom. The highest BCUT2D eigenvalue weighted by atomic mass is 32.1. The Balaban J connectivity index is 1.54. The van der Waals surface area contributed by atoms with E-state index in [0.717, 1.165) is 0 Å². The van der Waals surface area contributed by atoms with Gasteiger partial charge >= 0.3 is 0 Å². The summed E-state index contributed by atoms with van der Waals surface area (Å²) in [5.74, 6) is 0. The number of hydrogen-bond acceptors (Lipinski definition) is 2. The highest BCUT2D eigenvalue weighted by Crippen LogP contribution is 2.50. The van der Waals surface area contributed by atoms with Crippen LogP contribution in [0.25, 0.3) is 52.2 Å². The van der Waals surface area contributed by atoms with E-state index in [2.05, 4.69) is 103 Å². The molecule has 0 saturated carbocycles. The van der Waals surface area contributed by atoms with Crippen LogP contribution >= 0.6 is 22.7 Å². The first kappa shape index (κ1) is 17.5. The highest BCUT2D eigenvalue weighted by Gasteiger charge is 2.25. The fraction of sp³-hybridized carbons (Fsp3) is 0. The zero-order chi connectivity index (χ0) is 20.4. The second-order valence-corrected chi connectivity index (χ2v) is 10.1. The molecular formula is C29H17S2. The minimum Gasteiger partial charge on any atom is -0.135 e. The molecule has 0 nitrogen and oxygen atoms in total. The van der Waals surface area contributed by atoms with E-state index in [1.54, 1.807) is 0 Å². The molecule has 0 unspecified atom stereocenters. The van der Waals surface area contributed by atoms with Crippen LogP contribution < -0.4 is 0 Å². The molecule has 1 aliphatic carbocycles. The maximum atomic E-state index is 2.38. The molecule has 1 radical (unpaired) electrons. The van der Waals surface area contributed by atoms with E-state index in [-0.39, 0.29) is 0 Å². The van der Waals surface area contributed by atoms with Gasteiger partial charge in [-0.3, -0.25) is 0 Å². The van der Waals surface area contributed by atoms with E-state index < -0.39 is 0 Å². The van der Waals surface area contributed by atoms with Gasteiger partial charge < -0.3 is 0 Å². The van der Waals surface area contributed by atoms with Crippen molar-refractivity contribution in [3.63, 3.8) is 0 Å². The molecule has 6 aromatic rings.